The number of benzene rings is 8. The predicted molar refractivity (Wildman–Crippen MR) is 202 cm³/mol. The Bertz CT molecular complexity index is 2800. The summed E-state index contributed by atoms with van der Waals surface area (Å²) in [4.78, 5) is 2.39. The van der Waals surface area contributed by atoms with E-state index in [9.17, 15) is 0 Å². The van der Waals surface area contributed by atoms with Crippen LogP contribution < -0.4 is 4.90 Å². The van der Waals surface area contributed by atoms with Gasteiger partial charge >= 0.3 is 0 Å². The van der Waals surface area contributed by atoms with Gasteiger partial charge in [-0.3, -0.25) is 0 Å². The molecule has 47 heavy (non-hydrogen) atoms. The second-order valence-corrected chi connectivity index (χ2v) is 13.2. The Morgan fingerprint density at radius 1 is 0.426 bits per heavy atom. The molecule has 2 nitrogen and oxygen atoms in total. The van der Waals surface area contributed by atoms with Crippen molar-refractivity contribution in [3.05, 3.63) is 164 Å². The van der Waals surface area contributed by atoms with Gasteiger partial charge in [0.2, 0.25) is 0 Å². The molecule has 0 bridgehead atoms. The molecule has 0 unspecified atom stereocenters. The Kier molecular flexibility index (Phi) is 5.78. The maximum atomic E-state index is 6.56. The van der Waals surface area contributed by atoms with Gasteiger partial charge < -0.3 is 9.32 Å². The van der Waals surface area contributed by atoms with Crippen molar-refractivity contribution in [1.29, 1.82) is 0 Å². The summed E-state index contributed by atoms with van der Waals surface area (Å²) in [5, 5.41) is 9.72. The monoisotopic (exact) mass is 617 g/mol. The average molecular weight is 618 g/mol. The van der Waals surface area contributed by atoms with Gasteiger partial charge in [0.15, 0.2) is 0 Å². The van der Waals surface area contributed by atoms with Crippen LogP contribution in [0.15, 0.2) is 168 Å². The molecule has 0 saturated heterocycles. The Balaban J connectivity index is 1.19. The molecule has 0 aliphatic rings. The van der Waals surface area contributed by atoms with Gasteiger partial charge in [-0.15, -0.1) is 11.3 Å². The predicted octanol–water partition coefficient (Wildman–Crippen LogP) is 13.4. The lowest BCUT2D eigenvalue weighted by Crippen LogP contribution is -2.10. The minimum absolute atomic E-state index is 0.882. The van der Waals surface area contributed by atoms with Crippen molar-refractivity contribution in [3.8, 4) is 11.1 Å². The Labute approximate surface area is 275 Å². The Morgan fingerprint density at radius 2 is 1.09 bits per heavy atom. The van der Waals surface area contributed by atoms with Crippen molar-refractivity contribution in [1.82, 2.24) is 0 Å². The fourth-order valence-corrected chi connectivity index (χ4v) is 8.35. The number of anilines is 3. The van der Waals surface area contributed by atoms with E-state index in [1.54, 1.807) is 0 Å². The lowest BCUT2D eigenvalue weighted by Gasteiger charge is -2.26. The first kappa shape index (κ1) is 26.3. The molecule has 0 aliphatic heterocycles. The Hall–Kier alpha value is -5.90. The first-order valence-electron chi connectivity index (χ1n) is 15.9. The molecule has 2 heterocycles. The van der Waals surface area contributed by atoms with Gasteiger partial charge in [0, 0.05) is 48.4 Å². The number of rotatable bonds is 4. The molecule has 10 aromatic rings. The third-order valence-electron chi connectivity index (χ3n) is 9.43. The quantitative estimate of drug-likeness (QED) is 0.195. The summed E-state index contributed by atoms with van der Waals surface area (Å²) in [5.41, 5.74) is 7.53. The van der Waals surface area contributed by atoms with Crippen LogP contribution in [-0.4, -0.2) is 0 Å². The van der Waals surface area contributed by atoms with Crippen molar-refractivity contribution in [3.63, 3.8) is 0 Å². The van der Waals surface area contributed by atoms with E-state index in [-0.39, 0.29) is 0 Å². The molecule has 220 valence electrons. The average Bonchev–Trinajstić information content (AvgIpc) is 3.68. The molecule has 0 amide bonds. The van der Waals surface area contributed by atoms with Crippen LogP contribution in [0.5, 0.6) is 0 Å². The molecule has 0 radical (unpaired) electrons. The summed E-state index contributed by atoms with van der Waals surface area (Å²) in [5.74, 6) is 0. The van der Waals surface area contributed by atoms with E-state index in [1.807, 2.05) is 11.3 Å². The number of furan rings is 1. The molecule has 8 aromatic carbocycles. The van der Waals surface area contributed by atoms with Gasteiger partial charge in [-0.2, -0.15) is 0 Å². The summed E-state index contributed by atoms with van der Waals surface area (Å²) in [6.07, 6.45) is 0. The normalized spacial score (nSPS) is 11.8. The minimum Gasteiger partial charge on any atom is -0.456 e. The standard InChI is InChI=1S/C44H27NOS/c1-2-11-31-26-40-38(25-30(31)10-1)36-24-23-33(27-41(36)46-40)45(39-16-8-18-43-44(39)37-14-5-6-17-42(37)47-43)32-21-19-29(20-22-32)35-15-7-12-28-9-3-4-13-34(28)35/h1-27H. The minimum atomic E-state index is 0.882. The van der Waals surface area contributed by atoms with Crippen LogP contribution in [-0.2, 0) is 0 Å². The van der Waals surface area contributed by atoms with Crippen LogP contribution in [0.25, 0.3) is 74.8 Å². The number of hydrogen-bond donors (Lipinski definition) is 0. The van der Waals surface area contributed by atoms with Crippen molar-refractivity contribution >= 4 is 92.1 Å². The lowest BCUT2D eigenvalue weighted by molar-refractivity contribution is 0.669. The first-order valence-corrected chi connectivity index (χ1v) is 16.7. The van der Waals surface area contributed by atoms with Gasteiger partial charge in [-0.25, -0.2) is 0 Å². The Morgan fingerprint density at radius 3 is 1.96 bits per heavy atom. The van der Waals surface area contributed by atoms with E-state index < -0.39 is 0 Å². The zero-order chi connectivity index (χ0) is 30.9. The molecule has 2 aromatic heterocycles. The summed E-state index contributed by atoms with van der Waals surface area (Å²) < 4.78 is 9.13. The fourth-order valence-electron chi connectivity index (χ4n) is 7.23. The molecule has 10 rings (SSSR count). The van der Waals surface area contributed by atoms with Crippen LogP contribution in [0.2, 0.25) is 0 Å². The highest BCUT2D eigenvalue weighted by atomic mass is 32.1. The SMILES string of the molecule is c1ccc2cc3c(cc2c1)oc1cc(N(c2ccc(-c4cccc5ccccc45)cc2)c2cccc4sc5ccccc5c24)ccc13. The fraction of sp³-hybridized carbons (Fsp3) is 0. The number of fused-ring (bicyclic) bond motifs is 8. The van der Waals surface area contributed by atoms with Crippen molar-refractivity contribution in [2.24, 2.45) is 0 Å². The molecule has 0 fully saturated rings. The van der Waals surface area contributed by atoms with Gasteiger partial charge in [0.1, 0.15) is 11.2 Å². The van der Waals surface area contributed by atoms with Crippen molar-refractivity contribution in [2.75, 3.05) is 4.90 Å². The summed E-state index contributed by atoms with van der Waals surface area (Å²) >= 11 is 1.85. The third-order valence-corrected chi connectivity index (χ3v) is 10.6. The smallest absolute Gasteiger partial charge is 0.137 e. The summed E-state index contributed by atoms with van der Waals surface area (Å²) in [6, 6.07) is 59.1. The van der Waals surface area contributed by atoms with Crippen LogP contribution in [0.3, 0.4) is 0 Å². The van der Waals surface area contributed by atoms with E-state index in [2.05, 4.69) is 169 Å². The molecule has 0 spiro atoms. The second-order valence-electron chi connectivity index (χ2n) is 12.1. The summed E-state index contributed by atoms with van der Waals surface area (Å²) in [6.45, 7) is 0. The van der Waals surface area contributed by atoms with Crippen LogP contribution in [0.4, 0.5) is 17.1 Å². The molecule has 0 aliphatic carbocycles. The maximum absolute atomic E-state index is 6.56. The van der Waals surface area contributed by atoms with Gasteiger partial charge in [-0.1, -0.05) is 103 Å². The molecule has 0 N–H and O–H groups in total. The first-order chi connectivity index (χ1) is 23.3. The summed E-state index contributed by atoms with van der Waals surface area (Å²) in [7, 11) is 0. The molecular weight excluding hydrogens is 591 g/mol. The highest BCUT2D eigenvalue weighted by Gasteiger charge is 2.20. The van der Waals surface area contributed by atoms with E-state index in [1.165, 1.54) is 52.8 Å². The van der Waals surface area contributed by atoms with Crippen molar-refractivity contribution < 1.29 is 4.42 Å². The van der Waals surface area contributed by atoms with Crippen molar-refractivity contribution in [2.45, 2.75) is 0 Å². The molecular formula is C44H27NOS. The number of hydrogen-bond acceptors (Lipinski definition) is 3. The zero-order valence-corrected chi connectivity index (χ0v) is 26.2. The lowest BCUT2D eigenvalue weighted by atomic mass is 9.98. The molecule has 3 heteroatoms. The highest BCUT2D eigenvalue weighted by Crippen LogP contribution is 2.46. The largest absolute Gasteiger partial charge is 0.456 e. The van der Waals surface area contributed by atoms with Crippen LogP contribution >= 0.6 is 11.3 Å². The number of nitrogens with zero attached hydrogens (tertiary/aromatic N) is 1. The topological polar surface area (TPSA) is 16.4 Å². The molecule has 0 atom stereocenters. The van der Waals surface area contributed by atoms with E-state index in [0.717, 1.165) is 39.0 Å². The van der Waals surface area contributed by atoms with Crippen LogP contribution in [0, 0.1) is 0 Å². The highest BCUT2D eigenvalue weighted by molar-refractivity contribution is 7.26. The second kappa shape index (κ2) is 10.3. The van der Waals surface area contributed by atoms with Gasteiger partial charge in [-0.05, 0) is 87.3 Å². The van der Waals surface area contributed by atoms with Gasteiger partial charge in [0.05, 0.1) is 5.69 Å². The maximum Gasteiger partial charge on any atom is 0.137 e. The zero-order valence-electron chi connectivity index (χ0n) is 25.4. The third kappa shape index (κ3) is 4.17. The van der Waals surface area contributed by atoms with Crippen LogP contribution in [0.1, 0.15) is 0 Å². The van der Waals surface area contributed by atoms with Gasteiger partial charge in [0.25, 0.3) is 0 Å². The van der Waals surface area contributed by atoms with E-state index in [4.69, 9.17) is 4.42 Å². The number of thiophene rings is 1. The molecule has 0 saturated carbocycles. The van der Waals surface area contributed by atoms with E-state index >= 15 is 0 Å². The van der Waals surface area contributed by atoms with E-state index in [0.29, 0.717) is 0 Å².